The molecule has 136 valence electrons. The van der Waals surface area contributed by atoms with Crippen LogP contribution in [-0.4, -0.2) is 11.0 Å². The molecule has 0 fully saturated rings. The summed E-state index contributed by atoms with van der Waals surface area (Å²) in [6.07, 6.45) is 0. The number of urea groups is 1. The number of allylic oxidation sites excluding steroid dienone is 1. The first-order valence-corrected chi connectivity index (χ1v) is 8.27. The number of carbonyl (C=O) groups excluding carboxylic acids is 1. The third-order valence-corrected chi connectivity index (χ3v) is 4.22. The Labute approximate surface area is 157 Å². The molecule has 26 heavy (non-hydrogen) atoms. The Morgan fingerprint density at radius 1 is 1.23 bits per heavy atom. The van der Waals surface area contributed by atoms with Crippen LogP contribution in [0.1, 0.15) is 31.9 Å². The molecule has 0 aliphatic heterocycles. The molecule has 0 radical (unpaired) electrons. The fraction of sp³-hybridized carbons (Fsp3) is 0.211. The monoisotopic (exact) mass is 373 g/mol. The highest BCUT2D eigenvalue weighted by atomic mass is 35.5. The molecule has 2 aromatic rings. The van der Waals surface area contributed by atoms with Gasteiger partial charge in [-0.15, -0.1) is 0 Å². The lowest BCUT2D eigenvalue weighted by Gasteiger charge is -2.27. The van der Waals surface area contributed by atoms with Crippen LogP contribution >= 0.6 is 11.6 Å². The highest BCUT2D eigenvalue weighted by Crippen LogP contribution is 2.28. The number of halogens is 1. The van der Waals surface area contributed by atoms with E-state index in [9.17, 15) is 14.9 Å². The lowest BCUT2D eigenvalue weighted by molar-refractivity contribution is -0.384. The largest absolute Gasteiger partial charge is 0.329 e. The van der Waals surface area contributed by atoms with Gasteiger partial charge in [-0.2, -0.15) is 0 Å². The molecule has 0 saturated carbocycles. The second kappa shape index (κ2) is 7.58. The number of hydrogen-bond acceptors (Lipinski definition) is 3. The van der Waals surface area contributed by atoms with Crippen LogP contribution in [0.25, 0.3) is 5.57 Å². The van der Waals surface area contributed by atoms with Crippen LogP contribution in [0.3, 0.4) is 0 Å². The van der Waals surface area contributed by atoms with Gasteiger partial charge in [-0.05, 0) is 50.1 Å². The van der Waals surface area contributed by atoms with E-state index in [0.717, 1.165) is 16.7 Å². The van der Waals surface area contributed by atoms with E-state index in [1.54, 1.807) is 0 Å². The van der Waals surface area contributed by atoms with Crippen molar-refractivity contribution in [3.05, 3.63) is 75.3 Å². The molecule has 7 heteroatoms. The zero-order chi connectivity index (χ0) is 19.5. The molecule has 2 rings (SSSR count). The minimum Gasteiger partial charge on any atom is -0.329 e. The smallest absolute Gasteiger partial charge is 0.319 e. The standard InChI is InChI=1S/C19H20ClN3O3/c1-12(2)13-6-5-7-14(10-13)19(3,4)22-18(24)21-15-8-9-16(20)17(11-15)23(25)26/h5-11H,1H2,2-4H3,(H2,21,22,24). The average molecular weight is 374 g/mol. The number of benzene rings is 2. The Morgan fingerprint density at radius 2 is 1.92 bits per heavy atom. The van der Waals surface area contributed by atoms with E-state index in [4.69, 9.17) is 11.6 Å². The van der Waals surface area contributed by atoms with Gasteiger partial charge in [0.25, 0.3) is 5.69 Å². The molecule has 2 aromatic carbocycles. The Bertz CT molecular complexity index is 878. The predicted octanol–water partition coefficient (Wildman–Crippen LogP) is 5.34. The molecule has 0 aliphatic rings. The molecule has 2 N–H and O–H groups in total. The Hall–Kier alpha value is -2.86. The average Bonchev–Trinajstić information content (AvgIpc) is 2.56. The van der Waals surface area contributed by atoms with Gasteiger partial charge >= 0.3 is 6.03 Å². The number of carbonyl (C=O) groups is 1. The number of nitro benzene ring substituents is 1. The van der Waals surface area contributed by atoms with E-state index in [1.807, 2.05) is 45.0 Å². The molecular formula is C19H20ClN3O3. The molecule has 0 atom stereocenters. The third kappa shape index (κ3) is 4.61. The van der Waals surface area contributed by atoms with Gasteiger partial charge in [-0.3, -0.25) is 10.1 Å². The van der Waals surface area contributed by atoms with Gasteiger partial charge in [-0.25, -0.2) is 4.79 Å². The SMILES string of the molecule is C=C(C)c1cccc(C(C)(C)NC(=O)Nc2ccc(Cl)c([N+](=O)[O-])c2)c1. The second-order valence-electron chi connectivity index (χ2n) is 6.49. The number of nitrogens with zero attached hydrogens (tertiary/aromatic N) is 1. The van der Waals surface area contributed by atoms with Crippen molar-refractivity contribution in [1.82, 2.24) is 5.32 Å². The zero-order valence-corrected chi connectivity index (χ0v) is 15.6. The summed E-state index contributed by atoms with van der Waals surface area (Å²) in [5.41, 5.74) is 2.19. The van der Waals surface area contributed by atoms with Crippen LogP contribution in [0.15, 0.2) is 49.0 Å². The fourth-order valence-corrected chi connectivity index (χ4v) is 2.61. The maximum absolute atomic E-state index is 12.3. The highest BCUT2D eigenvalue weighted by Gasteiger charge is 2.23. The maximum Gasteiger partial charge on any atom is 0.319 e. The number of anilines is 1. The van der Waals surface area contributed by atoms with Crippen molar-refractivity contribution >= 4 is 34.6 Å². The second-order valence-corrected chi connectivity index (χ2v) is 6.90. The summed E-state index contributed by atoms with van der Waals surface area (Å²) in [5, 5.41) is 16.4. The van der Waals surface area contributed by atoms with Crippen molar-refractivity contribution < 1.29 is 9.72 Å². The van der Waals surface area contributed by atoms with Gasteiger partial charge in [0.1, 0.15) is 5.02 Å². The van der Waals surface area contributed by atoms with Crippen LogP contribution in [0.2, 0.25) is 5.02 Å². The first kappa shape index (κ1) is 19.5. The molecular weight excluding hydrogens is 354 g/mol. The van der Waals surface area contributed by atoms with Gasteiger partial charge in [0.2, 0.25) is 0 Å². The minimum atomic E-state index is -0.659. The molecule has 2 amide bonds. The molecule has 0 saturated heterocycles. The summed E-state index contributed by atoms with van der Waals surface area (Å²) >= 11 is 5.78. The third-order valence-electron chi connectivity index (χ3n) is 3.90. The summed E-state index contributed by atoms with van der Waals surface area (Å²) < 4.78 is 0. The van der Waals surface area contributed by atoms with Crippen molar-refractivity contribution in [3.8, 4) is 0 Å². The molecule has 0 bridgehead atoms. The van der Waals surface area contributed by atoms with Crippen molar-refractivity contribution in [3.63, 3.8) is 0 Å². The van der Waals surface area contributed by atoms with Gasteiger partial charge in [0, 0.05) is 11.8 Å². The molecule has 0 spiro atoms. The topological polar surface area (TPSA) is 84.3 Å². The highest BCUT2D eigenvalue weighted by molar-refractivity contribution is 6.32. The number of rotatable bonds is 5. The van der Waals surface area contributed by atoms with Crippen molar-refractivity contribution in [1.29, 1.82) is 0 Å². The van der Waals surface area contributed by atoms with Crippen LogP contribution in [0.4, 0.5) is 16.2 Å². The fourth-order valence-electron chi connectivity index (χ4n) is 2.42. The van der Waals surface area contributed by atoms with E-state index < -0.39 is 16.5 Å². The number of nitrogens with one attached hydrogen (secondary N) is 2. The van der Waals surface area contributed by atoms with Gasteiger partial charge < -0.3 is 10.6 Å². The zero-order valence-electron chi connectivity index (χ0n) is 14.8. The van der Waals surface area contributed by atoms with Crippen LogP contribution in [-0.2, 0) is 5.54 Å². The normalized spacial score (nSPS) is 10.9. The molecule has 0 heterocycles. The molecule has 0 unspecified atom stereocenters. The summed E-state index contributed by atoms with van der Waals surface area (Å²) in [7, 11) is 0. The van der Waals surface area contributed by atoms with Gasteiger partial charge in [0.05, 0.1) is 10.5 Å². The van der Waals surface area contributed by atoms with Crippen LogP contribution in [0, 0.1) is 10.1 Å². The number of nitro groups is 1. The van der Waals surface area contributed by atoms with E-state index in [0.29, 0.717) is 0 Å². The first-order valence-electron chi connectivity index (χ1n) is 7.89. The summed E-state index contributed by atoms with van der Waals surface area (Å²) in [6, 6.07) is 11.4. The summed E-state index contributed by atoms with van der Waals surface area (Å²) in [5.74, 6) is 0. The Kier molecular flexibility index (Phi) is 5.67. The lowest BCUT2D eigenvalue weighted by atomic mass is 9.92. The Morgan fingerprint density at radius 3 is 2.54 bits per heavy atom. The van der Waals surface area contributed by atoms with Gasteiger partial charge in [-0.1, -0.05) is 42.0 Å². The quantitative estimate of drug-likeness (QED) is 0.548. The molecule has 6 nitrogen and oxygen atoms in total. The molecule has 0 aromatic heterocycles. The van der Waals surface area contributed by atoms with E-state index >= 15 is 0 Å². The summed E-state index contributed by atoms with van der Waals surface area (Å²) in [6.45, 7) is 9.58. The van der Waals surface area contributed by atoms with E-state index in [2.05, 4.69) is 17.2 Å². The minimum absolute atomic E-state index is 0.0119. The van der Waals surface area contributed by atoms with Gasteiger partial charge in [0.15, 0.2) is 0 Å². The predicted molar refractivity (Wildman–Crippen MR) is 104 cm³/mol. The lowest BCUT2D eigenvalue weighted by Crippen LogP contribution is -2.43. The van der Waals surface area contributed by atoms with E-state index in [-0.39, 0.29) is 16.4 Å². The number of amides is 2. The maximum atomic E-state index is 12.3. The van der Waals surface area contributed by atoms with Crippen molar-refractivity contribution in [2.24, 2.45) is 0 Å². The van der Waals surface area contributed by atoms with E-state index in [1.165, 1.54) is 18.2 Å². The first-order chi connectivity index (χ1) is 12.1. The molecule has 0 aliphatic carbocycles. The van der Waals surface area contributed by atoms with Crippen LogP contribution in [0.5, 0.6) is 0 Å². The van der Waals surface area contributed by atoms with Crippen molar-refractivity contribution in [2.75, 3.05) is 5.32 Å². The van der Waals surface area contributed by atoms with Crippen LogP contribution < -0.4 is 10.6 Å². The summed E-state index contributed by atoms with van der Waals surface area (Å²) in [4.78, 5) is 22.7. The Balaban J connectivity index is 2.16. The number of hydrogen-bond donors (Lipinski definition) is 2. The van der Waals surface area contributed by atoms with Crippen molar-refractivity contribution in [2.45, 2.75) is 26.3 Å².